The Bertz CT molecular complexity index is 832. The summed E-state index contributed by atoms with van der Waals surface area (Å²) in [5, 5.41) is 0. The van der Waals surface area contributed by atoms with Crippen molar-refractivity contribution >= 4 is 24.0 Å². The summed E-state index contributed by atoms with van der Waals surface area (Å²) >= 11 is 0. The molecule has 1 aliphatic rings. The summed E-state index contributed by atoms with van der Waals surface area (Å²) in [5.74, 6) is 0.905. The molecule has 3 aromatic rings. The molecule has 26 heavy (non-hydrogen) atoms. The zero-order valence-corrected chi connectivity index (χ0v) is 17.3. The molecular formula is C23H24INO. The molecule has 0 aromatic heterocycles. The second-order valence-electron chi connectivity index (χ2n) is 6.58. The summed E-state index contributed by atoms with van der Waals surface area (Å²) in [4.78, 5) is 2.58. The summed E-state index contributed by atoms with van der Waals surface area (Å²) in [7, 11) is 1.71. The number of rotatable bonds is 4. The van der Waals surface area contributed by atoms with Gasteiger partial charge in [0.05, 0.1) is 13.2 Å². The second kappa shape index (κ2) is 8.69. The molecule has 4 rings (SSSR count). The molecular weight excluding hydrogens is 433 g/mol. The Morgan fingerprint density at radius 3 is 2.31 bits per heavy atom. The Hall–Kier alpha value is -1.85. The minimum atomic E-state index is 0. The van der Waals surface area contributed by atoms with Gasteiger partial charge in [-0.15, -0.1) is 24.0 Å². The van der Waals surface area contributed by atoms with Crippen molar-refractivity contribution in [1.82, 2.24) is 4.90 Å². The average Bonchev–Trinajstić information content (AvgIpc) is 2.69. The molecule has 0 N–H and O–H groups in total. The number of halogens is 1. The highest BCUT2D eigenvalue weighted by atomic mass is 127. The van der Waals surface area contributed by atoms with Crippen molar-refractivity contribution in [3.63, 3.8) is 0 Å². The van der Waals surface area contributed by atoms with Gasteiger partial charge in [0.25, 0.3) is 0 Å². The van der Waals surface area contributed by atoms with Crippen LogP contribution in [-0.2, 0) is 13.0 Å². The van der Waals surface area contributed by atoms with Crippen molar-refractivity contribution < 1.29 is 4.74 Å². The molecule has 1 aliphatic heterocycles. The van der Waals surface area contributed by atoms with Gasteiger partial charge >= 0.3 is 0 Å². The number of hydrogen-bond donors (Lipinski definition) is 0. The fourth-order valence-corrected chi connectivity index (χ4v) is 3.78. The molecule has 0 bridgehead atoms. The Kier molecular flexibility index (Phi) is 6.33. The molecule has 0 aliphatic carbocycles. The van der Waals surface area contributed by atoms with E-state index in [1.54, 1.807) is 7.11 Å². The molecule has 3 heteroatoms. The summed E-state index contributed by atoms with van der Waals surface area (Å²) in [6.07, 6.45) is 1.11. The molecule has 0 saturated heterocycles. The first-order valence-corrected chi connectivity index (χ1v) is 8.85. The SMILES string of the molecule is COc1ccc(C2c3ccccc3CCN2Cc2ccccc2)cc1.I. The Morgan fingerprint density at radius 2 is 1.58 bits per heavy atom. The van der Waals surface area contributed by atoms with Gasteiger partial charge in [-0.3, -0.25) is 4.90 Å². The third-order valence-corrected chi connectivity index (χ3v) is 5.04. The molecule has 0 fully saturated rings. The number of ether oxygens (including phenoxy) is 1. The number of methoxy groups -OCH3 is 1. The first-order valence-electron chi connectivity index (χ1n) is 8.85. The van der Waals surface area contributed by atoms with Crippen molar-refractivity contribution in [2.45, 2.75) is 19.0 Å². The van der Waals surface area contributed by atoms with Gasteiger partial charge in [0.1, 0.15) is 5.75 Å². The fourth-order valence-electron chi connectivity index (χ4n) is 3.78. The zero-order valence-electron chi connectivity index (χ0n) is 15.0. The average molecular weight is 457 g/mol. The third kappa shape index (κ3) is 3.94. The van der Waals surface area contributed by atoms with Gasteiger partial charge in [-0.2, -0.15) is 0 Å². The van der Waals surface area contributed by atoms with E-state index in [1.165, 1.54) is 22.3 Å². The van der Waals surface area contributed by atoms with E-state index in [0.29, 0.717) is 0 Å². The topological polar surface area (TPSA) is 12.5 Å². The monoisotopic (exact) mass is 457 g/mol. The van der Waals surface area contributed by atoms with Crippen LogP contribution in [0.5, 0.6) is 5.75 Å². The van der Waals surface area contributed by atoms with E-state index < -0.39 is 0 Å². The van der Waals surface area contributed by atoms with Crippen molar-refractivity contribution in [1.29, 1.82) is 0 Å². The smallest absolute Gasteiger partial charge is 0.118 e. The van der Waals surface area contributed by atoms with Gasteiger partial charge < -0.3 is 4.74 Å². The van der Waals surface area contributed by atoms with Gasteiger partial charge in [0.15, 0.2) is 0 Å². The number of benzene rings is 3. The van der Waals surface area contributed by atoms with Gasteiger partial charge in [-0.25, -0.2) is 0 Å². The van der Waals surface area contributed by atoms with Crippen molar-refractivity contribution in [2.75, 3.05) is 13.7 Å². The molecule has 0 saturated carbocycles. The van der Waals surface area contributed by atoms with E-state index in [9.17, 15) is 0 Å². The van der Waals surface area contributed by atoms with Crippen LogP contribution in [-0.4, -0.2) is 18.6 Å². The van der Waals surface area contributed by atoms with Gasteiger partial charge in [-0.1, -0.05) is 66.7 Å². The van der Waals surface area contributed by atoms with E-state index in [-0.39, 0.29) is 30.0 Å². The van der Waals surface area contributed by atoms with Crippen LogP contribution in [0.15, 0.2) is 78.9 Å². The van der Waals surface area contributed by atoms with Crippen molar-refractivity contribution in [3.05, 3.63) is 101 Å². The van der Waals surface area contributed by atoms with E-state index in [2.05, 4.69) is 83.8 Å². The first kappa shape index (κ1) is 18.9. The largest absolute Gasteiger partial charge is 0.497 e. The van der Waals surface area contributed by atoms with Crippen molar-refractivity contribution in [2.24, 2.45) is 0 Å². The van der Waals surface area contributed by atoms with E-state index in [4.69, 9.17) is 4.74 Å². The van der Waals surface area contributed by atoms with Gasteiger partial charge in [0, 0.05) is 13.1 Å². The lowest BCUT2D eigenvalue weighted by Gasteiger charge is -2.38. The fraction of sp³-hybridized carbons (Fsp3) is 0.217. The number of nitrogens with zero attached hydrogens (tertiary/aromatic N) is 1. The molecule has 1 atom stereocenters. The van der Waals surface area contributed by atoms with Crippen molar-refractivity contribution in [3.8, 4) is 5.75 Å². The van der Waals surface area contributed by atoms with Crippen LogP contribution in [0, 0.1) is 0 Å². The molecule has 3 aromatic carbocycles. The maximum absolute atomic E-state index is 5.33. The third-order valence-electron chi connectivity index (χ3n) is 5.04. The minimum Gasteiger partial charge on any atom is -0.497 e. The summed E-state index contributed by atoms with van der Waals surface area (Å²) in [6.45, 7) is 2.04. The lowest BCUT2D eigenvalue weighted by Crippen LogP contribution is -2.35. The Morgan fingerprint density at radius 1 is 0.885 bits per heavy atom. The molecule has 0 radical (unpaired) electrons. The van der Waals surface area contributed by atoms with Crippen LogP contribution >= 0.6 is 24.0 Å². The molecule has 1 heterocycles. The van der Waals surface area contributed by atoms with Crippen LogP contribution in [0.4, 0.5) is 0 Å². The maximum atomic E-state index is 5.33. The highest BCUT2D eigenvalue weighted by Crippen LogP contribution is 2.36. The van der Waals surface area contributed by atoms with Gasteiger partial charge in [-0.05, 0) is 40.8 Å². The molecule has 0 spiro atoms. The van der Waals surface area contributed by atoms with E-state index >= 15 is 0 Å². The lowest BCUT2D eigenvalue weighted by molar-refractivity contribution is 0.204. The van der Waals surface area contributed by atoms with Crippen LogP contribution in [0.1, 0.15) is 28.3 Å². The number of hydrogen-bond acceptors (Lipinski definition) is 2. The maximum Gasteiger partial charge on any atom is 0.118 e. The second-order valence-corrected chi connectivity index (χ2v) is 6.58. The Labute approximate surface area is 172 Å². The molecule has 1 unspecified atom stereocenters. The molecule has 2 nitrogen and oxygen atoms in total. The summed E-state index contributed by atoms with van der Waals surface area (Å²) in [6, 6.07) is 28.4. The highest BCUT2D eigenvalue weighted by molar-refractivity contribution is 14.0. The summed E-state index contributed by atoms with van der Waals surface area (Å²) < 4.78 is 5.33. The lowest BCUT2D eigenvalue weighted by atomic mass is 9.88. The van der Waals surface area contributed by atoms with Crippen LogP contribution in [0.25, 0.3) is 0 Å². The standard InChI is InChI=1S/C23H23NO.HI/c1-25-21-13-11-20(12-14-21)23-22-10-6-5-9-19(22)15-16-24(23)17-18-7-3-2-4-8-18;/h2-14,23H,15-17H2,1H3;1H. The normalized spacial score (nSPS) is 16.4. The highest BCUT2D eigenvalue weighted by Gasteiger charge is 2.28. The van der Waals surface area contributed by atoms with Crippen LogP contribution < -0.4 is 4.74 Å². The summed E-state index contributed by atoms with van der Waals surface area (Å²) in [5.41, 5.74) is 5.58. The molecule has 134 valence electrons. The quantitative estimate of drug-likeness (QED) is 0.483. The molecule has 0 amide bonds. The van der Waals surface area contributed by atoms with E-state index in [1.807, 2.05) is 0 Å². The predicted molar refractivity (Wildman–Crippen MR) is 117 cm³/mol. The number of fused-ring (bicyclic) bond motifs is 1. The van der Waals surface area contributed by atoms with E-state index in [0.717, 1.165) is 25.3 Å². The minimum absolute atomic E-state index is 0. The van der Waals surface area contributed by atoms with Gasteiger partial charge in [0.2, 0.25) is 0 Å². The predicted octanol–water partition coefficient (Wildman–Crippen LogP) is 5.46. The zero-order chi connectivity index (χ0) is 17.1. The van der Waals surface area contributed by atoms with Crippen LogP contribution in [0.2, 0.25) is 0 Å². The Balaban J connectivity index is 0.00000196. The first-order chi connectivity index (χ1) is 12.3. The van der Waals surface area contributed by atoms with Crippen LogP contribution in [0.3, 0.4) is 0 Å².